The van der Waals surface area contributed by atoms with E-state index in [0.717, 1.165) is 32.1 Å². The van der Waals surface area contributed by atoms with Crippen LogP contribution in [0.1, 0.15) is 99.3 Å². The van der Waals surface area contributed by atoms with Crippen LogP contribution in [0.2, 0.25) is 0 Å². The number of hydrogen-bond acceptors (Lipinski definition) is 10. The van der Waals surface area contributed by atoms with Crippen LogP contribution in [0.25, 0.3) is 0 Å². The van der Waals surface area contributed by atoms with E-state index in [4.69, 9.17) is 14.2 Å². The number of fused-ring (bicyclic) bond motifs is 2. The molecule has 5 saturated carbocycles. The highest BCUT2D eigenvalue weighted by atomic mass is 16.7. The van der Waals surface area contributed by atoms with E-state index in [2.05, 4.69) is 20.8 Å². The molecule has 5 aliphatic carbocycles. The van der Waals surface area contributed by atoms with Gasteiger partial charge in [0, 0.05) is 11.3 Å². The first-order valence-corrected chi connectivity index (χ1v) is 17.5. The van der Waals surface area contributed by atoms with Crippen LogP contribution in [0.5, 0.6) is 0 Å². The summed E-state index contributed by atoms with van der Waals surface area (Å²) >= 11 is 0. The van der Waals surface area contributed by atoms with Gasteiger partial charge in [0.05, 0.1) is 48.8 Å². The van der Waals surface area contributed by atoms with Gasteiger partial charge in [0.1, 0.15) is 18.3 Å². The molecule has 0 amide bonds. The Balaban J connectivity index is 1.17. The zero-order valence-corrected chi connectivity index (χ0v) is 28.0. The van der Waals surface area contributed by atoms with Crippen molar-refractivity contribution in [1.82, 2.24) is 0 Å². The zero-order valence-electron chi connectivity index (χ0n) is 28.0. The molecular weight excluding hydrogens is 580 g/mol. The van der Waals surface area contributed by atoms with Gasteiger partial charge >= 0.3 is 0 Å². The monoisotopic (exact) mass is 638 g/mol. The molecule has 0 aromatic rings. The zero-order chi connectivity index (χ0) is 32.8. The van der Waals surface area contributed by atoms with E-state index in [9.17, 15) is 35.7 Å². The Morgan fingerprint density at radius 3 is 2.16 bits per heavy atom. The largest absolute Gasteiger partial charge is 0.396 e. The highest BCUT2D eigenvalue weighted by molar-refractivity contribution is 5.34. The fraction of sp³-hybridized carbons (Fsp3) is 1.00. The molecule has 7 fully saturated rings. The Hall–Kier alpha value is -0.400. The summed E-state index contributed by atoms with van der Waals surface area (Å²) in [5.74, 6) is 0.0995. The van der Waals surface area contributed by atoms with Crippen molar-refractivity contribution in [3.63, 3.8) is 0 Å². The normalized spacial score (nSPS) is 58.7. The molecule has 7 rings (SSSR count). The molecule has 0 bridgehead atoms. The molecule has 2 spiro atoms. The third-order valence-electron chi connectivity index (χ3n) is 15.5. The minimum atomic E-state index is -1.32. The lowest BCUT2D eigenvalue weighted by atomic mass is 9.40. The maximum atomic E-state index is 12.4. The molecule has 0 radical (unpaired) electrons. The highest BCUT2D eigenvalue weighted by Crippen LogP contribution is 2.89. The maximum Gasteiger partial charge on any atom is 0.186 e. The van der Waals surface area contributed by atoms with Gasteiger partial charge in [0.2, 0.25) is 0 Å². The number of rotatable bonds is 5. The fourth-order valence-electron chi connectivity index (χ4n) is 13.5. The van der Waals surface area contributed by atoms with E-state index >= 15 is 0 Å². The third kappa shape index (κ3) is 4.10. The lowest BCUT2D eigenvalue weighted by Gasteiger charge is -2.65. The summed E-state index contributed by atoms with van der Waals surface area (Å²) in [6.45, 7) is 11.9. The molecule has 10 nitrogen and oxygen atoms in total. The molecule has 7 N–H and O–H groups in total. The Labute approximate surface area is 267 Å². The number of aliphatic hydroxyl groups excluding tert-OH is 6. The quantitative estimate of drug-likeness (QED) is 0.221. The molecule has 2 aliphatic heterocycles. The molecular formula is C35H58O10. The van der Waals surface area contributed by atoms with E-state index in [-0.39, 0.29) is 47.6 Å². The Morgan fingerprint density at radius 2 is 1.51 bits per heavy atom. The summed E-state index contributed by atoms with van der Waals surface area (Å²) in [6.07, 6.45) is 0.117. The Kier molecular flexibility index (Phi) is 7.42. The predicted molar refractivity (Wildman–Crippen MR) is 163 cm³/mol. The van der Waals surface area contributed by atoms with E-state index < -0.39 is 64.8 Å². The minimum Gasteiger partial charge on any atom is -0.396 e. The van der Waals surface area contributed by atoms with Crippen LogP contribution in [0, 0.1) is 44.8 Å². The summed E-state index contributed by atoms with van der Waals surface area (Å²) in [5, 5.41) is 77.2. The molecule has 16 atom stereocenters. The molecule has 45 heavy (non-hydrogen) atoms. The van der Waals surface area contributed by atoms with Gasteiger partial charge in [-0.25, -0.2) is 0 Å². The van der Waals surface area contributed by atoms with Gasteiger partial charge < -0.3 is 50.0 Å². The molecule has 0 aromatic carbocycles. The number of aliphatic hydroxyl groups is 7. The second-order valence-electron chi connectivity index (χ2n) is 18.1. The second-order valence-corrected chi connectivity index (χ2v) is 18.1. The van der Waals surface area contributed by atoms with E-state index in [0.29, 0.717) is 31.6 Å². The van der Waals surface area contributed by atoms with E-state index in [1.54, 1.807) is 13.8 Å². The molecule has 10 heteroatoms. The summed E-state index contributed by atoms with van der Waals surface area (Å²) < 4.78 is 18.6. The van der Waals surface area contributed by atoms with Crippen LogP contribution < -0.4 is 0 Å². The molecule has 2 saturated heterocycles. The Bertz CT molecular complexity index is 1170. The van der Waals surface area contributed by atoms with Crippen molar-refractivity contribution in [1.29, 1.82) is 0 Å². The molecule has 258 valence electrons. The SMILES string of the molecule is CC(C)(O)[C@H]1CC[C@@](C)([C@H]2[C@@H](O)C[C@@]3(C)[C@@H]4CC[C@H]5C(C)(C)[C@@H](O[C@@H]6OC[C@@H](O)[C@H](O)[C@H]6O)CC[C@@]56C[C@@]46C[C@@H](O)[C@]23CO)O1. The van der Waals surface area contributed by atoms with Crippen molar-refractivity contribution in [3.05, 3.63) is 0 Å². The average molecular weight is 639 g/mol. The summed E-state index contributed by atoms with van der Waals surface area (Å²) in [7, 11) is 0. The van der Waals surface area contributed by atoms with Gasteiger partial charge in [0.15, 0.2) is 6.29 Å². The highest BCUT2D eigenvalue weighted by Gasteiger charge is 2.86. The van der Waals surface area contributed by atoms with Crippen LogP contribution in [0.15, 0.2) is 0 Å². The van der Waals surface area contributed by atoms with Crippen LogP contribution in [-0.4, -0.2) is 109 Å². The summed E-state index contributed by atoms with van der Waals surface area (Å²) in [4.78, 5) is 0. The Morgan fingerprint density at radius 1 is 0.822 bits per heavy atom. The van der Waals surface area contributed by atoms with Crippen molar-refractivity contribution < 1.29 is 50.0 Å². The standard InChI is InChI=1S/C35H58O10/c1-29(2)20-7-8-21-31(5)13-18(37)27(32(6)11-9-24(45-32)30(3,4)42)35(31,17-36)22(39)14-34(21)16-33(20,34)12-10-23(29)44-28-26(41)25(40)19(38)15-43-28/h18-28,36-42H,7-17H2,1-6H3/t18-,19+,20-,21-,22+,23-,24+,25-,26+,27+,28-,31-,32-,33+,34-,35+/m0/s1. The lowest BCUT2D eigenvalue weighted by molar-refractivity contribution is -0.304. The molecule has 7 aliphatic rings. The lowest BCUT2D eigenvalue weighted by Crippen LogP contribution is -2.66. The molecule has 0 aromatic heterocycles. The van der Waals surface area contributed by atoms with Crippen molar-refractivity contribution in [2.24, 2.45) is 44.8 Å². The second kappa shape index (κ2) is 10.1. The van der Waals surface area contributed by atoms with Gasteiger partial charge in [-0.1, -0.05) is 20.8 Å². The first-order chi connectivity index (χ1) is 20.8. The van der Waals surface area contributed by atoms with Gasteiger partial charge in [-0.3, -0.25) is 0 Å². The van der Waals surface area contributed by atoms with Crippen LogP contribution in [-0.2, 0) is 14.2 Å². The summed E-state index contributed by atoms with van der Waals surface area (Å²) in [5.41, 5.74) is -3.54. The number of hydrogen-bond donors (Lipinski definition) is 7. The van der Waals surface area contributed by atoms with Gasteiger partial charge in [0.25, 0.3) is 0 Å². The van der Waals surface area contributed by atoms with Gasteiger partial charge in [-0.05, 0) is 112 Å². The van der Waals surface area contributed by atoms with Crippen molar-refractivity contribution in [2.75, 3.05) is 13.2 Å². The van der Waals surface area contributed by atoms with Crippen LogP contribution in [0.4, 0.5) is 0 Å². The maximum absolute atomic E-state index is 12.4. The smallest absolute Gasteiger partial charge is 0.186 e. The van der Waals surface area contributed by atoms with E-state index in [1.807, 2.05) is 6.92 Å². The first-order valence-electron chi connectivity index (χ1n) is 17.5. The molecule has 2 heterocycles. The van der Waals surface area contributed by atoms with Gasteiger partial charge in [-0.15, -0.1) is 0 Å². The van der Waals surface area contributed by atoms with E-state index in [1.165, 1.54) is 0 Å². The minimum absolute atomic E-state index is 0.0232. The fourth-order valence-corrected chi connectivity index (χ4v) is 13.5. The third-order valence-corrected chi connectivity index (χ3v) is 15.5. The molecule has 0 unspecified atom stereocenters. The summed E-state index contributed by atoms with van der Waals surface area (Å²) in [6, 6.07) is 0. The number of ether oxygens (including phenoxy) is 3. The average Bonchev–Trinajstić information content (AvgIpc) is 3.27. The van der Waals surface area contributed by atoms with Crippen molar-refractivity contribution in [3.8, 4) is 0 Å². The predicted octanol–water partition coefficient (Wildman–Crippen LogP) is 1.87. The first kappa shape index (κ1) is 33.1. The van der Waals surface area contributed by atoms with Crippen LogP contribution in [0.3, 0.4) is 0 Å². The van der Waals surface area contributed by atoms with Crippen molar-refractivity contribution in [2.45, 2.75) is 160 Å². The van der Waals surface area contributed by atoms with Crippen LogP contribution >= 0.6 is 0 Å². The van der Waals surface area contributed by atoms with Crippen molar-refractivity contribution >= 4 is 0 Å². The topological polar surface area (TPSA) is 169 Å². The van der Waals surface area contributed by atoms with Gasteiger partial charge in [-0.2, -0.15) is 0 Å².